The Morgan fingerprint density at radius 3 is 2.52 bits per heavy atom. The molecule has 0 saturated heterocycles. The molecule has 0 bridgehead atoms. The fraction of sp³-hybridized carbons (Fsp3) is 0.357. The molecule has 2 aliphatic heterocycles. The first-order valence-corrected chi connectivity index (χ1v) is 13.3. The average Bonchev–Trinajstić information content (AvgIpc) is 3.75. The summed E-state index contributed by atoms with van der Waals surface area (Å²) in [7, 11) is 0. The van der Waals surface area contributed by atoms with Crippen LogP contribution in [0.25, 0.3) is 5.69 Å². The Morgan fingerprint density at radius 2 is 1.86 bits per heavy atom. The third-order valence-corrected chi connectivity index (χ3v) is 8.08. The molecule has 2 amide bonds. The van der Waals surface area contributed by atoms with Gasteiger partial charge >= 0.3 is 6.18 Å². The van der Waals surface area contributed by atoms with Crippen LogP contribution < -0.4 is 5.73 Å². The van der Waals surface area contributed by atoms with Gasteiger partial charge in [-0.15, -0.1) is 0 Å². The lowest BCUT2D eigenvalue weighted by Gasteiger charge is -2.38. The molecule has 6 rings (SSSR count). The maximum atomic E-state index is 15.1. The number of amides is 2. The summed E-state index contributed by atoms with van der Waals surface area (Å²) in [6, 6.07) is 2.35. The second kappa shape index (κ2) is 9.81. The molecule has 0 spiro atoms. The van der Waals surface area contributed by atoms with E-state index >= 15 is 4.39 Å². The van der Waals surface area contributed by atoms with Gasteiger partial charge in [-0.1, -0.05) is 12.6 Å². The van der Waals surface area contributed by atoms with Crippen LogP contribution >= 0.6 is 0 Å². The molecule has 14 heteroatoms. The highest BCUT2D eigenvalue weighted by Crippen LogP contribution is 2.45. The van der Waals surface area contributed by atoms with Crippen LogP contribution in [0.3, 0.4) is 0 Å². The van der Waals surface area contributed by atoms with Gasteiger partial charge in [0, 0.05) is 44.2 Å². The highest BCUT2D eigenvalue weighted by molar-refractivity contribution is 5.99. The second-order valence-corrected chi connectivity index (χ2v) is 10.6. The summed E-state index contributed by atoms with van der Waals surface area (Å²) in [5.74, 6) is -4.34. The number of carbonyl (C=O) groups is 2. The van der Waals surface area contributed by atoms with Crippen LogP contribution in [-0.2, 0) is 23.8 Å². The van der Waals surface area contributed by atoms with Gasteiger partial charge in [0.15, 0.2) is 23.1 Å². The normalized spacial score (nSPS) is 18.5. The number of nitrogen functional groups attached to an aromatic ring is 1. The van der Waals surface area contributed by atoms with E-state index in [4.69, 9.17) is 5.73 Å². The van der Waals surface area contributed by atoms with Gasteiger partial charge < -0.3 is 20.6 Å². The first kappa shape index (κ1) is 27.7. The van der Waals surface area contributed by atoms with Gasteiger partial charge in [-0.25, -0.2) is 18.4 Å². The van der Waals surface area contributed by atoms with Gasteiger partial charge in [-0.05, 0) is 36.5 Å². The van der Waals surface area contributed by atoms with E-state index in [0.29, 0.717) is 28.7 Å². The quantitative estimate of drug-likeness (QED) is 0.351. The molecule has 3 aliphatic rings. The fourth-order valence-electron chi connectivity index (χ4n) is 5.84. The summed E-state index contributed by atoms with van der Waals surface area (Å²) in [6.07, 6.45) is -1.31. The lowest BCUT2D eigenvalue weighted by atomic mass is 9.94. The van der Waals surface area contributed by atoms with E-state index in [-0.39, 0.29) is 44.1 Å². The lowest BCUT2D eigenvalue weighted by Crippen LogP contribution is -2.46. The number of hydrogen-bond acceptors (Lipinski definition) is 6. The van der Waals surface area contributed by atoms with Crippen molar-refractivity contribution in [1.29, 1.82) is 0 Å². The Balaban J connectivity index is 1.44. The van der Waals surface area contributed by atoms with Crippen molar-refractivity contribution < 1.29 is 36.6 Å². The van der Waals surface area contributed by atoms with Gasteiger partial charge in [-0.3, -0.25) is 9.59 Å². The zero-order valence-corrected chi connectivity index (χ0v) is 22.1. The van der Waals surface area contributed by atoms with Crippen molar-refractivity contribution >= 4 is 17.5 Å². The monoisotopic (exact) mass is 588 g/mol. The molecule has 42 heavy (non-hydrogen) atoms. The van der Waals surface area contributed by atoms with E-state index in [1.165, 1.54) is 14.5 Å². The van der Waals surface area contributed by atoms with Crippen LogP contribution in [0.2, 0.25) is 0 Å². The maximum Gasteiger partial charge on any atom is 0.436 e. The number of phenols is 1. The van der Waals surface area contributed by atoms with E-state index in [1.807, 2.05) is 0 Å². The van der Waals surface area contributed by atoms with Crippen molar-refractivity contribution in [3.05, 3.63) is 76.4 Å². The van der Waals surface area contributed by atoms with E-state index in [0.717, 1.165) is 18.9 Å². The van der Waals surface area contributed by atoms with Gasteiger partial charge in [0.2, 0.25) is 5.91 Å². The van der Waals surface area contributed by atoms with Crippen LogP contribution in [0.15, 0.2) is 31.0 Å². The zero-order chi connectivity index (χ0) is 30.1. The van der Waals surface area contributed by atoms with Gasteiger partial charge in [0.1, 0.15) is 5.69 Å². The van der Waals surface area contributed by atoms with Crippen LogP contribution in [0, 0.1) is 11.6 Å². The highest BCUT2D eigenvalue weighted by Gasteiger charge is 2.43. The minimum absolute atomic E-state index is 0.0246. The van der Waals surface area contributed by atoms with Crippen LogP contribution in [-0.4, -0.2) is 61.1 Å². The molecule has 1 aliphatic carbocycles. The molecule has 1 aromatic carbocycles. The van der Waals surface area contributed by atoms with E-state index in [9.17, 15) is 32.3 Å². The number of pyridine rings is 1. The largest absolute Gasteiger partial charge is 0.503 e. The molecular formula is C28H25F5N6O3. The summed E-state index contributed by atoms with van der Waals surface area (Å²) >= 11 is 0. The van der Waals surface area contributed by atoms with E-state index in [1.54, 1.807) is 12.1 Å². The molecule has 0 radical (unpaired) electrons. The molecular weight excluding hydrogens is 563 g/mol. The average molecular weight is 589 g/mol. The Hall–Kier alpha value is -4.49. The fourth-order valence-corrected chi connectivity index (χ4v) is 5.84. The maximum absolute atomic E-state index is 15.1. The number of nitrogens with two attached hydrogens (primary N) is 1. The second-order valence-electron chi connectivity index (χ2n) is 10.6. The molecule has 9 nitrogen and oxygen atoms in total. The summed E-state index contributed by atoms with van der Waals surface area (Å²) in [4.78, 5) is 32.2. The van der Waals surface area contributed by atoms with Gasteiger partial charge in [0.25, 0.3) is 5.91 Å². The third-order valence-electron chi connectivity index (χ3n) is 8.08. The summed E-state index contributed by atoms with van der Waals surface area (Å²) in [5, 5.41) is 15.5. The predicted octanol–water partition coefficient (Wildman–Crippen LogP) is 4.04. The molecule has 4 heterocycles. The van der Waals surface area contributed by atoms with Crippen molar-refractivity contribution in [3.63, 3.8) is 0 Å². The number of benzene rings is 1. The number of rotatable bonds is 4. The van der Waals surface area contributed by atoms with Crippen molar-refractivity contribution in [2.45, 2.75) is 43.8 Å². The number of aromatic hydroxyl groups is 1. The minimum Gasteiger partial charge on any atom is -0.503 e. The number of carbonyl (C=O) groups excluding carboxylic acids is 2. The number of hydrogen-bond donors (Lipinski definition) is 2. The number of phenolic OH excluding ortho intramolecular Hbond substituents is 1. The molecule has 3 N–H and O–H groups in total. The van der Waals surface area contributed by atoms with E-state index in [2.05, 4.69) is 16.7 Å². The summed E-state index contributed by atoms with van der Waals surface area (Å²) < 4.78 is 70.6. The number of anilines is 1. The lowest BCUT2D eigenvalue weighted by molar-refractivity contribution is -0.143. The number of alkyl halides is 3. The number of halogens is 5. The molecule has 1 unspecified atom stereocenters. The Kier molecular flexibility index (Phi) is 6.46. The summed E-state index contributed by atoms with van der Waals surface area (Å²) in [6.45, 7) is 3.67. The van der Waals surface area contributed by atoms with Crippen molar-refractivity contribution in [2.75, 3.05) is 25.4 Å². The Morgan fingerprint density at radius 1 is 1.12 bits per heavy atom. The predicted molar refractivity (Wildman–Crippen MR) is 139 cm³/mol. The van der Waals surface area contributed by atoms with Crippen LogP contribution in [0.4, 0.5) is 27.6 Å². The van der Waals surface area contributed by atoms with Crippen molar-refractivity contribution in [2.24, 2.45) is 0 Å². The Bertz CT molecular complexity index is 1650. The van der Waals surface area contributed by atoms with Crippen molar-refractivity contribution in [1.82, 2.24) is 24.6 Å². The molecule has 220 valence electrons. The number of nitrogens with zero attached hydrogens (tertiary/aromatic N) is 5. The first-order valence-electron chi connectivity index (χ1n) is 13.3. The van der Waals surface area contributed by atoms with Gasteiger partial charge in [0.05, 0.1) is 28.7 Å². The topological polar surface area (TPSA) is 118 Å². The van der Waals surface area contributed by atoms with E-state index < -0.39 is 58.4 Å². The van der Waals surface area contributed by atoms with Crippen LogP contribution in [0.1, 0.15) is 63.4 Å². The molecule has 1 saturated carbocycles. The highest BCUT2D eigenvalue weighted by atomic mass is 19.4. The first-order chi connectivity index (χ1) is 19.9. The Labute approximate surface area is 236 Å². The number of aromatic nitrogens is 3. The molecule has 2 aromatic heterocycles. The standard InChI is InChI=1S/C28H25F5N6O3/c1-2-20(40)37-9-7-16-21-17(39(36-16)18-6-5-14(13-3-4-13)22(29)25(18)41)8-10-38(19(21)12-37)27(42)15-11-35-26(28(31,32)33)23(30)24(15)34/h2,5-6,11,13,19,41H,1,3-4,7-10,12H2,(H2,34,35). The minimum atomic E-state index is -5.11. The molecule has 3 aromatic rings. The summed E-state index contributed by atoms with van der Waals surface area (Å²) in [5.41, 5.74) is 4.46. The molecule has 1 fully saturated rings. The van der Waals surface area contributed by atoms with Crippen molar-refractivity contribution in [3.8, 4) is 11.4 Å². The molecule has 1 atom stereocenters. The zero-order valence-electron chi connectivity index (χ0n) is 22.1. The SMILES string of the molecule is C=CC(=O)N1CCc2nn(-c3ccc(C4CC4)c(F)c3O)c3c2C(C1)N(C(=O)c1cnc(C(F)(F)F)c(F)c1N)CC3. The van der Waals surface area contributed by atoms with Crippen LogP contribution in [0.5, 0.6) is 5.75 Å². The van der Waals surface area contributed by atoms with Gasteiger partial charge in [-0.2, -0.15) is 18.3 Å². The third kappa shape index (κ3) is 4.36. The smallest absolute Gasteiger partial charge is 0.436 e.